The number of isocyanates is 1. The minimum absolute atomic E-state index is 0.152. The number of hydrogen-bond acceptors (Lipinski definition) is 2. The van der Waals surface area contributed by atoms with E-state index in [9.17, 15) is 13.6 Å². The first-order valence-electron chi connectivity index (χ1n) is 4.75. The van der Waals surface area contributed by atoms with Gasteiger partial charge in [-0.1, -0.05) is 11.6 Å². The fourth-order valence-electron chi connectivity index (χ4n) is 1.76. The fraction of sp³-hybridized carbons (Fsp3) is 0.364. The van der Waals surface area contributed by atoms with Crippen molar-refractivity contribution in [3.05, 3.63) is 33.9 Å². The Labute approximate surface area is 95.9 Å². The highest BCUT2D eigenvalue weighted by molar-refractivity contribution is 6.30. The van der Waals surface area contributed by atoms with E-state index >= 15 is 0 Å². The molecule has 0 bridgehead atoms. The highest BCUT2D eigenvalue weighted by atomic mass is 35.5. The van der Waals surface area contributed by atoms with Crippen molar-refractivity contribution in [2.75, 3.05) is 0 Å². The largest absolute Gasteiger partial charge is 0.235 e. The summed E-state index contributed by atoms with van der Waals surface area (Å²) in [5.41, 5.74) is -1.04. The summed E-state index contributed by atoms with van der Waals surface area (Å²) in [5, 5.41) is -0.152. The number of hydrogen-bond donors (Lipinski definition) is 0. The van der Waals surface area contributed by atoms with Gasteiger partial charge in [0.25, 0.3) is 0 Å². The molecule has 0 aliphatic heterocycles. The van der Waals surface area contributed by atoms with Crippen LogP contribution in [-0.2, 0) is 10.3 Å². The third-order valence-corrected chi connectivity index (χ3v) is 3.06. The molecule has 1 aromatic rings. The molecule has 1 saturated carbocycles. The number of aryl methyl sites for hydroxylation is 1. The van der Waals surface area contributed by atoms with E-state index in [1.165, 1.54) is 19.1 Å². The zero-order chi connectivity index (χ0) is 11.9. The van der Waals surface area contributed by atoms with Gasteiger partial charge in [-0.2, -0.15) is 4.99 Å². The van der Waals surface area contributed by atoms with Gasteiger partial charge in [0.2, 0.25) is 6.08 Å². The van der Waals surface area contributed by atoms with Gasteiger partial charge < -0.3 is 0 Å². The van der Waals surface area contributed by atoms with E-state index in [2.05, 4.69) is 4.99 Å². The van der Waals surface area contributed by atoms with Crippen molar-refractivity contribution < 1.29 is 13.6 Å². The molecule has 0 saturated heterocycles. The minimum Gasteiger partial charge on any atom is -0.211 e. The summed E-state index contributed by atoms with van der Waals surface area (Å²) in [6, 6.07) is 1.22. The van der Waals surface area contributed by atoms with Gasteiger partial charge in [0.1, 0.15) is 17.2 Å². The summed E-state index contributed by atoms with van der Waals surface area (Å²) < 4.78 is 27.6. The molecule has 0 radical (unpaired) electrons. The van der Waals surface area contributed by atoms with E-state index in [0.717, 1.165) is 0 Å². The Morgan fingerprint density at radius 1 is 1.44 bits per heavy atom. The Bertz CT molecular complexity index is 479. The van der Waals surface area contributed by atoms with Crippen LogP contribution in [0.3, 0.4) is 0 Å². The SMILES string of the molecule is Cc1cc(Cl)c(F)c(C2(N=C=O)CC2)c1F. The zero-order valence-electron chi connectivity index (χ0n) is 8.48. The van der Waals surface area contributed by atoms with Crippen molar-refractivity contribution in [1.82, 2.24) is 0 Å². The Balaban J connectivity index is 2.69. The van der Waals surface area contributed by atoms with Crippen molar-refractivity contribution in [2.45, 2.75) is 25.3 Å². The van der Waals surface area contributed by atoms with Crippen molar-refractivity contribution in [1.29, 1.82) is 0 Å². The lowest BCUT2D eigenvalue weighted by atomic mass is 10.0. The van der Waals surface area contributed by atoms with Gasteiger partial charge in [-0.05, 0) is 31.4 Å². The molecule has 2 rings (SSSR count). The number of benzene rings is 1. The molecule has 1 aromatic carbocycles. The van der Waals surface area contributed by atoms with Crippen LogP contribution in [0.25, 0.3) is 0 Å². The highest BCUT2D eigenvalue weighted by Gasteiger charge is 2.49. The van der Waals surface area contributed by atoms with Crippen LogP contribution in [-0.4, -0.2) is 6.08 Å². The average Bonchev–Trinajstić information content (AvgIpc) is 2.97. The molecule has 1 aliphatic rings. The molecular formula is C11H8ClF2NO. The topological polar surface area (TPSA) is 29.4 Å². The lowest BCUT2D eigenvalue weighted by Crippen LogP contribution is -2.10. The lowest BCUT2D eigenvalue weighted by molar-refractivity contribution is 0.511. The van der Waals surface area contributed by atoms with Gasteiger partial charge in [0.15, 0.2) is 0 Å². The summed E-state index contributed by atoms with van der Waals surface area (Å²) in [6.07, 6.45) is 2.24. The Hall–Kier alpha value is -1.25. The maximum absolute atomic E-state index is 13.8. The standard InChI is InChI=1S/C11H8ClF2NO/c1-6-4-7(12)10(14)8(9(6)13)11(2-3-11)15-5-16/h4H,2-3H2,1H3. The van der Waals surface area contributed by atoms with Crippen LogP contribution >= 0.6 is 11.6 Å². The summed E-state index contributed by atoms with van der Waals surface area (Å²) in [5.74, 6) is -1.51. The van der Waals surface area contributed by atoms with Crippen LogP contribution in [0, 0.1) is 18.6 Å². The molecule has 0 atom stereocenters. The van der Waals surface area contributed by atoms with E-state index in [-0.39, 0.29) is 16.1 Å². The second kappa shape index (κ2) is 3.65. The first-order chi connectivity index (χ1) is 7.52. The van der Waals surface area contributed by atoms with Crippen LogP contribution in [0.4, 0.5) is 8.78 Å². The average molecular weight is 244 g/mol. The molecule has 0 aromatic heterocycles. The van der Waals surface area contributed by atoms with Crippen LogP contribution in [0.15, 0.2) is 11.1 Å². The highest BCUT2D eigenvalue weighted by Crippen LogP contribution is 2.52. The van der Waals surface area contributed by atoms with E-state index < -0.39 is 17.2 Å². The second-order valence-corrected chi connectivity index (χ2v) is 4.32. The predicted octanol–water partition coefficient (Wildman–Crippen LogP) is 3.25. The Morgan fingerprint density at radius 3 is 2.56 bits per heavy atom. The van der Waals surface area contributed by atoms with Crippen LogP contribution in [0.2, 0.25) is 5.02 Å². The number of aliphatic imine (C=N–C) groups is 1. The number of halogens is 3. The van der Waals surface area contributed by atoms with Crippen molar-refractivity contribution in [2.24, 2.45) is 4.99 Å². The second-order valence-electron chi connectivity index (χ2n) is 3.91. The van der Waals surface area contributed by atoms with Gasteiger partial charge >= 0.3 is 0 Å². The lowest BCUT2D eigenvalue weighted by Gasteiger charge is -2.13. The molecule has 2 nitrogen and oxygen atoms in total. The molecule has 5 heteroatoms. The van der Waals surface area contributed by atoms with Crippen LogP contribution in [0.5, 0.6) is 0 Å². The van der Waals surface area contributed by atoms with E-state index in [4.69, 9.17) is 11.6 Å². The minimum atomic E-state index is -1.08. The Kier molecular flexibility index (Phi) is 2.56. The maximum Gasteiger partial charge on any atom is 0.235 e. The molecule has 0 N–H and O–H groups in total. The quantitative estimate of drug-likeness (QED) is 0.445. The van der Waals surface area contributed by atoms with Gasteiger partial charge in [0, 0.05) is 0 Å². The van der Waals surface area contributed by atoms with Crippen LogP contribution in [0.1, 0.15) is 24.0 Å². The summed E-state index contributed by atoms with van der Waals surface area (Å²) >= 11 is 5.64. The summed E-state index contributed by atoms with van der Waals surface area (Å²) in [6.45, 7) is 1.49. The predicted molar refractivity (Wildman–Crippen MR) is 55.1 cm³/mol. The van der Waals surface area contributed by atoms with E-state index in [0.29, 0.717) is 12.8 Å². The number of nitrogens with zero attached hydrogens (tertiary/aromatic N) is 1. The molecule has 0 amide bonds. The van der Waals surface area contributed by atoms with Gasteiger partial charge in [-0.25, -0.2) is 13.6 Å². The van der Waals surface area contributed by atoms with E-state index in [1.54, 1.807) is 0 Å². The molecule has 1 aliphatic carbocycles. The number of carbonyl (C=O) groups excluding carboxylic acids is 1. The Morgan fingerprint density at radius 2 is 2.06 bits per heavy atom. The van der Waals surface area contributed by atoms with Crippen molar-refractivity contribution >= 4 is 17.7 Å². The molecule has 84 valence electrons. The van der Waals surface area contributed by atoms with Gasteiger partial charge in [0.05, 0.1) is 10.6 Å². The maximum atomic E-state index is 13.8. The van der Waals surface area contributed by atoms with Crippen LogP contribution < -0.4 is 0 Å². The molecule has 0 unspecified atom stereocenters. The fourth-order valence-corrected chi connectivity index (χ4v) is 2.02. The smallest absolute Gasteiger partial charge is 0.211 e. The van der Waals surface area contributed by atoms with Crippen molar-refractivity contribution in [3.8, 4) is 0 Å². The van der Waals surface area contributed by atoms with E-state index in [1.807, 2.05) is 0 Å². The molecule has 1 fully saturated rings. The third kappa shape index (κ3) is 1.55. The molecular weight excluding hydrogens is 236 g/mol. The van der Waals surface area contributed by atoms with Gasteiger partial charge in [-0.3, -0.25) is 0 Å². The molecule has 0 heterocycles. The first-order valence-corrected chi connectivity index (χ1v) is 5.13. The van der Waals surface area contributed by atoms with Gasteiger partial charge in [-0.15, -0.1) is 0 Å². The molecule has 0 spiro atoms. The molecule has 16 heavy (non-hydrogen) atoms. The monoisotopic (exact) mass is 243 g/mol. The summed E-state index contributed by atoms with van der Waals surface area (Å²) in [4.78, 5) is 13.8. The number of rotatable bonds is 2. The normalized spacial score (nSPS) is 16.8. The summed E-state index contributed by atoms with van der Waals surface area (Å²) in [7, 11) is 0. The first kappa shape index (κ1) is 11.2. The third-order valence-electron chi connectivity index (χ3n) is 2.79. The zero-order valence-corrected chi connectivity index (χ0v) is 9.24. The van der Waals surface area contributed by atoms with Crippen molar-refractivity contribution in [3.63, 3.8) is 0 Å².